The van der Waals surface area contributed by atoms with Crippen LogP contribution in [-0.4, -0.2) is 57.6 Å². The van der Waals surface area contributed by atoms with Crippen molar-refractivity contribution in [1.29, 1.82) is 0 Å². The number of piperazine rings is 1. The molecule has 10 heteroatoms. The van der Waals surface area contributed by atoms with Crippen molar-refractivity contribution >= 4 is 17.7 Å². The van der Waals surface area contributed by atoms with Gasteiger partial charge in [0.1, 0.15) is 29.5 Å². The van der Waals surface area contributed by atoms with Crippen molar-refractivity contribution in [3.05, 3.63) is 66.0 Å². The highest BCUT2D eigenvalue weighted by atomic mass is 16.5. The van der Waals surface area contributed by atoms with Crippen molar-refractivity contribution in [2.75, 3.05) is 25.1 Å². The molecule has 1 aliphatic heterocycles. The number of carbonyl (C=O) groups excluding carboxylic acids is 2. The monoisotopic (exact) mass is 447 g/mol. The first-order valence-corrected chi connectivity index (χ1v) is 10.6. The summed E-state index contributed by atoms with van der Waals surface area (Å²) in [6, 6.07) is 8.81. The number of imidazole rings is 1. The van der Waals surface area contributed by atoms with E-state index in [9.17, 15) is 9.59 Å². The van der Waals surface area contributed by atoms with Crippen LogP contribution in [0, 0.1) is 6.92 Å². The third kappa shape index (κ3) is 5.25. The van der Waals surface area contributed by atoms with E-state index < -0.39 is 6.04 Å². The van der Waals surface area contributed by atoms with Gasteiger partial charge in [0, 0.05) is 50.2 Å². The van der Waals surface area contributed by atoms with Crippen LogP contribution in [0.4, 0.5) is 5.82 Å². The number of nitrogens with one attached hydrogen (secondary N) is 2. The lowest BCUT2D eigenvalue weighted by Gasteiger charge is -2.34. The van der Waals surface area contributed by atoms with Gasteiger partial charge in [-0.05, 0) is 24.6 Å². The third-order valence-corrected chi connectivity index (χ3v) is 5.33. The van der Waals surface area contributed by atoms with Gasteiger partial charge in [-0.2, -0.15) is 4.98 Å². The van der Waals surface area contributed by atoms with Crippen LogP contribution >= 0.6 is 0 Å². The Kier molecular flexibility index (Phi) is 6.77. The highest BCUT2D eigenvalue weighted by Gasteiger charge is 2.30. The molecule has 1 atom stereocenters. The van der Waals surface area contributed by atoms with Crippen molar-refractivity contribution in [2.45, 2.75) is 25.9 Å². The molecule has 1 unspecified atom stereocenters. The van der Waals surface area contributed by atoms with E-state index in [2.05, 4.69) is 25.6 Å². The quantitative estimate of drug-likeness (QED) is 0.519. The molecular formula is C23H25N7O3. The molecule has 33 heavy (non-hydrogen) atoms. The Bertz CT molecular complexity index is 1160. The molecule has 0 spiro atoms. The van der Waals surface area contributed by atoms with E-state index in [0.29, 0.717) is 37.1 Å². The van der Waals surface area contributed by atoms with Gasteiger partial charge in [0.25, 0.3) is 0 Å². The molecule has 0 bridgehead atoms. The maximum atomic E-state index is 12.6. The van der Waals surface area contributed by atoms with Gasteiger partial charge in [-0.25, -0.2) is 14.8 Å². The summed E-state index contributed by atoms with van der Waals surface area (Å²) in [5.41, 5.74) is 2.05. The molecule has 0 saturated carbocycles. The van der Waals surface area contributed by atoms with Gasteiger partial charge in [0.2, 0.25) is 11.9 Å². The number of nitrogens with zero attached hydrogens (tertiary/aromatic N) is 5. The van der Waals surface area contributed by atoms with Crippen LogP contribution in [0.5, 0.6) is 5.75 Å². The van der Waals surface area contributed by atoms with E-state index in [1.54, 1.807) is 35.3 Å². The summed E-state index contributed by atoms with van der Waals surface area (Å²) < 4.78 is 6.85. The summed E-state index contributed by atoms with van der Waals surface area (Å²) in [5, 5.41) is 6.15. The maximum absolute atomic E-state index is 12.6. The number of anilines is 1. The number of rotatable bonds is 7. The fraction of sp³-hybridized carbons (Fsp3) is 0.304. The minimum Gasteiger partial charge on any atom is -0.497 e. The molecule has 1 fully saturated rings. The Hall–Kier alpha value is -4.01. The van der Waals surface area contributed by atoms with E-state index in [0.717, 1.165) is 17.0 Å². The first-order chi connectivity index (χ1) is 16.1. The highest BCUT2D eigenvalue weighted by Crippen LogP contribution is 2.23. The number of hydrogen-bond acceptors (Lipinski definition) is 8. The first-order valence-electron chi connectivity index (χ1n) is 10.6. The zero-order valence-electron chi connectivity index (χ0n) is 18.5. The van der Waals surface area contributed by atoms with Crippen LogP contribution in [0.2, 0.25) is 0 Å². The van der Waals surface area contributed by atoms with Crippen molar-refractivity contribution in [1.82, 2.24) is 30.2 Å². The number of hydrogen-bond donors (Lipinski definition) is 2. The van der Waals surface area contributed by atoms with E-state index >= 15 is 0 Å². The van der Waals surface area contributed by atoms with Gasteiger partial charge >= 0.3 is 0 Å². The molecule has 1 saturated heterocycles. The van der Waals surface area contributed by atoms with Gasteiger partial charge in [0.15, 0.2) is 0 Å². The lowest BCUT2D eigenvalue weighted by molar-refractivity contribution is -0.121. The first kappa shape index (κ1) is 22.2. The van der Waals surface area contributed by atoms with Crippen LogP contribution in [0.25, 0.3) is 5.95 Å². The van der Waals surface area contributed by atoms with Crippen LogP contribution in [0.15, 0.2) is 54.7 Å². The average Bonchev–Trinajstić information content (AvgIpc) is 3.38. The summed E-state index contributed by atoms with van der Waals surface area (Å²) in [6.07, 6.45) is 5.12. The number of methoxy groups -OCH3 is 1. The molecule has 1 aromatic carbocycles. The van der Waals surface area contributed by atoms with Gasteiger partial charge in [-0.15, -0.1) is 0 Å². The highest BCUT2D eigenvalue weighted by molar-refractivity contribution is 5.78. The Balaban J connectivity index is 1.45. The number of aromatic nitrogens is 4. The molecule has 0 aliphatic carbocycles. The van der Waals surface area contributed by atoms with Crippen molar-refractivity contribution in [3.8, 4) is 11.7 Å². The summed E-state index contributed by atoms with van der Waals surface area (Å²) >= 11 is 0. The Morgan fingerprint density at radius 1 is 1.30 bits per heavy atom. The topological polar surface area (TPSA) is 114 Å². The molecule has 10 nitrogen and oxygen atoms in total. The molecule has 0 radical (unpaired) electrons. The van der Waals surface area contributed by atoms with E-state index in [1.807, 2.05) is 43.2 Å². The SMILES string of the molecule is COc1ccc(CNC(=O)CC2NCCN(c3cc(C)nc(-n4ccnc4)n3)C2=C=O)cc1. The van der Waals surface area contributed by atoms with E-state index in [4.69, 9.17) is 4.74 Å². The molecular weight excluding hydrogens is 422 g/mol. The standard InChI is InChI=1S/C23H25N7O3/c1-16-11-21(28-23(27-16)29-9-7-24-15-29)30-10-8-25-19(20(30)14-31)12-22(32)26-13-17-3-5-18(33-2)6-4-17/h3-7,9,11,15,19,25H,8,10,12-13H2,1-2H3,(H,26,32). The molecule has 3 aromatic rings. The van der Waals surface area contributed by atoms with Crippen LogP contribution < -0.4 is 20.3 Å². The second kappa shape index (κ2) is 10.1. The van der Waals surface area contributed by atoms with Gasteiger partial charge < -0.3 is 20.3 Å². The van der Waals surface area contributed by atoms with E-state index in [-0.39, 0.29) is 12.3 Å². The fourth-order valence-corrected chi connectivity index (χ4v) is 3.66. The van der Waals surface area contributed by atoms with Gasteiger partial charge in [-0.3, -0.25) is 9.36 Å². The minimum absolute atomic E-state index is 0.107. The second-order valence-electron chi connectivity index (χ2n) is 7.61. The smallest absolute Gasteiger partial charge is 0.237 e. The predicted octanol–water partition coefficient (Wildman–Crippen LogP) is 1.18. The van der Waals surface area contributed by atoms with E-state index in [1.165, 1.54) is 0 Å². The zero-order valence-corrected chi connectivity index (χ0v) is 18.5. The van der Waals surface area contributed by atoms with Crippen molar-refractivity contribution < 1.29 is 14.3 Å². The van der Waals surface area contributed by atoms with Crippen LogP contribution in [-0.2, 0) is 16.1 Å². The number of aryl methyl sites for hydroxylation is 1. The molecule has 2 aromatic heterocycles. The minimum atomic E-state index is -0.473. The molecule has 2 N–H and O–H groups in total. The molecule has 1 aliphatic rings. The number of carbonyl (C=O) groups is 1. The summed E-state index contributed by atoms with van der Waals surface area (Å²) in [4.78, 5) is 39.4. The lowest BCUT2D eigenvalue weighted by Crippen LogP contribution is -2.51. The van der Waals surface area contributed by atoms with Crippen molar-refractivity contribution in [2.24, 2.45) is 0 Å². The Morgan fingerprint density at radius 3 is 2.82 bits per heavy atom. The Labute approximate surface area is 191 Å². The maximum Gasteiger partial charge on any atom is 0.237 e. The predicted molar refractivity (Wildman–Crippen MR) is 122 cm³/mol. The largest absolute Gasteiger partial charge is 0.497 e. The molecule has 1 amide bonds. The molecule has 170 valence electrons. The summed E-state index contributed by atoms with van der Waals surface area (Å²) in [7, 11) is 1.61. The van der Waals surface area contributed by atoms with Gasteiger partial charge in [-0.1, -0.05) is 12.1 Å². The number of amides is 1. The van der Waals surface area contributed by atoms with Gasteiger partial charge in [0.05, 0.1) is 13.2 Å². The third-order valence-electron chi connectivity index (χ3n) is 5.33. The molecule has 4 rings (SSSR count). The van der Waals surface area contributed by atoms with Crippen molar-refractivity contribution in [3.63, 3.8) is 0 Å². The number of benzene rings is 1. The average molecular weight is 447 g/mol. The summed E-state index contributed by atoms with van der Waals surface area (Å²) in [5.74, 6) is 3.65. The normalized spacial score (nSPS) is 15.8. The summed E-state index contributed by atoms with van der Waals surface area (Å²) in [6.45, 7) is 3.36. The second-order valence-corrected chi connectivity index (χ2v) is 7.61. The zero-order chi connectivity index (χ0) is 23.2. The van der Waals surface area contributed by atoms with Crippen LogP contribution in [0.1, 0.15) is 17.7 Å². The fourth-order valence-electron chi connectivity index (χ4n) is 3.66. The molecule has 3 heterocycles. The lowest BCUT2D eigenvalue weighted by atomic mass is 10.1. The number of ether oxygens (including phenoxy) is 1. The Morgan fingerprint density at radius 2 is 2.12 bits per heavy atom. The van der Waals surface area contributed by atoms with Crippen LogP contribution in [0.3, 0.4) is 0 Å².